The van der Waals surface area contributed by atoms with Crippen LogP contribution in [0, 0.1) is 0 Å². The van der Waals surface area contributed by atoms with Crippen LogP contribution in [0.4, 0.5) is 0 Å². The number of Topliss-reactive ketones (excluding diaryl/α,β-unsaturated/α-hetero) is 1. The summed E-state index contributed by atoms with van der Waals surface area (Å²) in [5.74, 6) is -0.0421. The summed E-state index contributed by atoms with van der Waals surface area (Å²) in [7, 11) is 1.68. The number of piperazine rings is 1. The number of carbonyl (C=O) groups is 2. The molecule has 1 fully saturated rings. The van der Waals surface area contributed by atoms with Crippen molar-refractivity contribution in [1.29, 1.82) is 0 Å². The van der Waals surface area contributed by atoms with Crippen LogP contribution in [-0.4, -0.2) is 54.9 Å². The third kappa shape index (κ3) is 2.59. The minimum atomic E-state index is -0.740. The Kier molecular flexibility index (Phi) is 4.04. The number of nitrogens with zero attached hydrogens (tertiary/aromatic N) is 1. The second-order valence-electron chi connectivity index (χ2n) is 4.72. The normalized spacial score (nSPS) is 21.6. The Bertz CT molecular complexity index is 283. The molecule has 16 heavy (non-hydrogen) atoms. The molecule has 1 aliphatic heterocycles. The molecule has 1 atom stereocenters. The molecule has 0 aliphatic carbocycles. The quantitative estimate of drug-likeness (QED) is 0.674. The molecule has 0 saturated carbocycles. The highest BCUT2D eigenvalue weighted by Gasteiger charge is 2.35. The molecule has 92 valence electrons. The summed E-state index contributed by atoms with van der Waals surface area (Å²) in [4.78, 5) is 25.1. The van der Waals surface area contributed by atoms with Gasteiger partial charge in [0.15, 0.2) is 5.78 Å². The van der Waals surface area contributed by atoms with Crippen molar-refractivity contribution in [1.82, 2.24) is 15.5 Å². The molecule has 0 aromatic rings. The van der Waals surface area contributed by atoms with Gasteiger partial charge >= 0.3 is 0 Å². The van der Waals surface area contributed by atoms with Gasteiger partial charge in [-0.3, -0.25) is 9.59 Å². The average Bonchev–Trinajstić information content (AvgIpc) is 2.28. The van der Waals surface area contributed by atoms with Crippen LogP contribution in [0.5, 0.6) is 0 Å². The maximum atomic E-state index is 12.1. The largest absolute Gasteiger partial charge is 0.332 e. The molecule has 1 rings (SSSR count). The van der Waals surface area contributed by atoms with Crippen LogP contribution >= 0.6 is 0 Å². The topological polar surface area (TPSA) is 61.4 Å². The van der Waals surface area contributed by atoms with Crippen molar-refractivity contribution >= 4 is 11.7 Å². The molecule has 0 bridgehead atoms. The van der Waals surface area contributed by atoms with Gasteiger partial charge in [0.05, 0.1) is 11.6 Å². The molecule has 0 aromatic heterocycles. The first-order valence-electron chi connectivity index (χ1n) is 5.60. The summed E-state index contributed by atoms with van der Waals surface area (Å²) in [6, 6.07) is -0.225. The Hall–Kier alpha value is -0.940. The molecule has 2 N–H and O–H groups in total. The van der Waals surface area contributed by atoms with Crippen molar-refractivity contribution in [2.75, 3.05) is 26.7 Å². The maximum absolute atomic E-state index is 12.1. The summed E-state index contributed by atoms with van der Waals surface area (Å²) in [5.41, 5.74) is -0.740. The van der Waals surface area contributed by atoms with E-state index < -0.39 is 5.54 Å². The van der Waals surface area contributed by atoms with Crippen LogP contribution in [0.25, 0.3) is 0 Å². The number of carbonyl (C=O) groups excluding carboxylic acids is 2. The van der Waals surface area contributed by atoms with E-state index in [4.69, 9.17) is 0 Å². The summed E-state index contributed by atoms with van der Waals surface area (Å²) < 4.78 is 0. The molecular formula is C11H21N3O2. The number of amides is 1. The van der Waals surface area contributed by atoms with Gasteiger partial charge in [0, 0.05) is 26.7 Å². The minimum absolute atomic E-state index is 0.00730. The Morgan fingerprint density at radius 1 is 1.31 bits per heavy atom. The maximum Gasteiger partial charge on any atom is 0.241 e. The second-order valence-corrected chi connectivity index (χ2v) is 4.72. The Morgan fingerprint density at radius 3 is 2.38 bits per heavy atom. The van der Waals surface area contributed by atoms with E-state index in [1.165, 1.54) is 11.8 Å². The molecule has 5 nitrogen and oxygen atoms in total. The van der Waals surface area contributed by atoms with E-state index in [0.717, 1.165) is 13.1 Å². The van der Waals surface area contributed by atoms with Gasteiger partial charge in [-0.2, -0.15) is 0 Å². The van der Waals surface area contributed by atoms with Gasteiger partial charge in [0.25, 0.3) is 0 Å². The fourth-order valence-electron chi connectivity index (χ4n) is 1.57. The lowest BCUT2D eigenvalue weighted by molar-refractivity contribution is -0.143. The van der Waals surface area contributed by atoms with E-state index in [1.807, 2.05) is 0 Å². The smallest absolute Gasteiger partial charge is 0.241 e. The van der Waals surface area contributed by atoms with Gasteiger partial charge in [0.2, 0.25) is 5.91 Å². The molecule has 1 unspecified atom stereocenters. The van der Waals surface area contributed by atoms with Gasteiger partial charge in [-0.05, 0) is 20.8 Å². The van der Waals surface area contributed by atoms with Gasteiger partial charge in [-0.25, -0.2) is 0 Å². The lowest BCUT2D eigenvalue weighted by Gasteiger charge is -2.37. The third-order valence-corrected chi connectivity index (χ3v) is 3.37. The highest BCUT2D eigenvalue weighted by atomic mass is 16.2. The predicted molar refractivity (Wildman–Crippen MR) is 62.2 cm³/mol. The van der Waals surface area contributed by atoms with Crippen molar-refractivity contribution < 1.29 is 9.59 Å². The van der Waals surface area contributed by atoms with Crippen molar-refractivity contribution in [2.45, 2.75) is 32.4 Å². The first-order chi connectivity index (χ1) is 7.37. The van der Waals surface area contributed by atoms with E-state index in [1.54, 1.807) is 20.9 Å². The molecule has 1 aliphatic rings. The first kappa shape index (κ1) is 13.1. The molecule has 0 radical (unpaired) electrons. The molecule has 0 aromatic carbocycles. The van der Waals surface area contributed by atoms with Gasteiger partial charge in [-0.15, -0.1) is 0 Å². The number of hydrogen-bond donors (Lipinski definition) is 2. The standard InChI is InChI=1S/C11H21N3O2/c1-8(15)11(2,3)14(4)10(16)9-7-12-5-6-13-9/h9,12-13H,5-7H2,1-4H3. The number of ketones is 1. The molecular weight excluding hydrogens is 206 g/mol. The lowest BCUT2D eigenvalue weighted by atomic mass is 9.97. The zero-order valence-corrected chi connectivity index (χ0v) is 10.5. The zero-order valence-electron chi connectivity index (χ0n) is 10.5. The van der Waals surface area contributed by atoms with Crippen molar-refractivity contribution in [3.63, 3.8) is 0 Å². The second kappa shape index (κ2) is 4.93. The highest BCUT2D eigenvalue weighted by molar-refractivity contribution is 5.92. The van der Waals surface area contributed by atoms with Crippen LogP contribution < -0.4 is 10.6 Å². The average molecular weight is 227 g/mol. The van der Waals surface area contributed by atoms with Crippen LogP contribution in [-0.2, 0) is 9.59 Å². The van der Waals surface area contributed by atoms with Gasteiger partial charge in [0.1, 0.15) is 0 Å². The predicted octanol–water partition coefficient (Wildman–Crippen LogP) is -0.626. The van der Waals surface area contributed by atoms with Gasteiger partial charge in [-0.1, -0.05) is 0 Å². The van der Waals surface area contributed by atoms with Gasteiger partial charge < -0.3 is 15.5 Å². The van der Waals surface area contributed by atoms with E-state index in [9.17, 15) is 9.59 Å². The van der Waals surface area contributed by atoms with Crippen LogP contribution in [0.15, 0.2) is 0 Å². The Morgan fingerprint density at radius 2 is 1.94 bits per heavy atom. The zero-order chi connectivity index (χ0) is 12.3. The molecule has 1 heterocycles. The molecule has 1 amide bonds. The molecule has 0 spiro atoms. The SMILES string of the molecule is CC(=O)C(C)(C)N(C)C(=O)C1CNCCN1. The Balaban J connectivity index is 2.69. The Labute approximate surface area is 96.6 Å². The fourth-order valence-corrected chi connectivity index (χ4v) is 1.57. The number of rotatable bonds is 3. The van der Waals surface area contributed by atoms with E-state index in [-0.39, 0.29) is 17.7 Å². The minimum Gasteiger partial charge on any atom is -0.332 e. The summed E-state index contributed by atoms with van der Waals surface area (Å²) >= 11 is 0. The van der Waals surface area contributed by atoms with E-state index in [0.29, 0.717) is 6.54 Å². The number of hydrogen-bond acceptors (Lipinski definition) is 4. The van der Waals surface area contributed by atoms with Crippen LogP contribution in [0.3, 0.4) is 0 Å². The summed E-state index contributed by atoms with van der Waals surface area (Å²) in [5, 5.41) is 6.30. The third-order valence-electron chi connectivity index (χ3n) is 3.37. The number of nitrogens with one attached hydrogen (secondary N) is 2. The van der Waals surface area contributed by atoms with E-state index in [2.05, 4.69) is 10.6 Å². The van der Waals surface area contributed by atoms with Crippen molar-refractivity contribution in [3.05, 3.63) is 0 Å². The first-order valence-corrected chi connectivity index (χ1v) is 5.60. The van der Waals surface area contributed by atoms with E-state index >= 15 is 0 Å². The summed E-state index contributed by atoms with van der Waals surface area (Å²) in [6.45, 7) is 7.33. The molecule has 5 heteroatoms. The number of likely N-dealkylation sites (N-methyl/N-ethyl adjacent to an activating group) is 1. The highest BCUT2D eigenvalue weighted by Crippen LogP contribution is 2.14. The fraction of sp³-hybridized carbons (Fsp3) is 0.818. The monoisotopic (exact) mass is 227 g/mol. The van der Waals surface area contributed by atoms with Crippen LogP contribution in [0.2, 0.25) is 0 Å². The molecule has 1 saturated heterocycles. The lowest BCUT2D eigenvalue weighted by Crippen LogP contribution is -2.60. The van der Waals surface area contributed by atoms with Crippen molar-refractivity contribution in [2.24, 2.45) is 0 Å². The van der Waals surface area contributed by atoms with Crippen LogP contribution in [0.1, 0.15) is 20.8 Å². The van der Waals surface area contributed by atoms with Crippen molar-refractivity contribution in [3.8, 4) is 0 Å². The summed E-state index contributed by atoms with van der Waals surface area (Å²) in [6.07, 6.45) is 0.